The van der Waals surface area contributed by atoms with Gasteiger partial charge < -0.3 is 10.8 Å². The Morgan fingerprint density at radius 2 is 1.93 bits per heavy atom. The van der Waals surface area contributed by atoms with E-state index in [9.17, 15) is 0 Å². The lowest BCUT2D eigenvalue weighted by atomic mass is 10.1. The molecular weight excluding hydrogens is 232 g/mol. The highest BCUT2D eigenvalue weighted by atomic mass is 35.5. The first-order valence-corrected chi connectivity index (χ1v) is 5.55. The van der Waals surface area contributed by atoms with Gasteiger partial charge in [0.1, 0.15) is 5.17 Å². The Morgan fingerprint density at radius 3 is 2.47 bits per heavy atom. The van der Waals surface area contributed by atoms with Crippen LogP contribution in [0.2, 0.25) is 0 Å². The minimum Gasteiger partial charge on any atom is -0.347 e. The summed E-state index contributed by atoms with van der Waals surface area (Å²) in [6, 6.07) is 10.1. The number of nitrogens with two attached hydrogens (primary N) is 2. The fourth-order valence-corrected chi connectivity index (χ4v) is 1.74. The number of rotatable bonds is 4. The fraction of sp³-hybridized carbons (Fsp3) is 0.300. The summed E-state index contributed by atoms with van der Waals surface area (Å²) in [5.41, 5.74) is 12.2. The van der Waals surface area contributed by atoms with Crippen molar-refractivity contribution in [2.24, 2.45) is 11.5 Å². The molecular formula is C10H17ClN2OS. The first kappa shape index (κ1) is 14.6. The molecule has 0 amide bonds. The first-order valence-electron chi connectivity index (χ1n) is 4.47. The molecule has 0 spiro atoms. The lowest BCUT2D eigenvalue weighted by Gasteiger charge is -2.08. The summed E-state index contributed by atoms with van der Waals surface area (Å²) in [5.74, 6) is 0.692. The molecule has 1 aromatic carbocycles. The van der Waals surface area contributed by atoms with Gasteiger partial charge in [0.2, 0.25) is 0 Å². The maximum Gasteiger partial charge on any atom is 0.137 e. The molecule has 0 unspecified atom stereocenters. The Balaban J connectivity index is 0.00000196. The Labute approximate surface area is 99.8 Å². The Bertz CT molecular complexity index is 302. The zero-order chi connectivity index (χ0) is 10.4. The minimum absolute atomic E-state index is 0. The normalized spacial score (nSPS) is 13.7. The van der Waals surface area contributed by atoms with Crippen LogP contribution in [0.4, 0.5) is 0 Å². The second-order valence-electron chi connectivity index (χ2n) is 3.15. The fourth-order valence-electron chi connectivity index (χ4n) is 1.19. The minimum atomic E-state index is -0.0616. The Kier molecular flexibility index (Phi) is 7.64. The average Bonchev–Trinajstić information content (AvgIpc) is 2.16. The third-order valence-electron chi connectivity index (χ3n) is 1.83. The maximum atomic E-state index is 8.79. The topological polar surface area (TPSA) is 72.3 Å². The number of hydrogen-bond acceptors (Lipinski definition) is 1. The summed E-state index contributed by atoms with van der Waals surface area (Å²) >= 11 is 0.715. The van der Waals surface area contributed by atoms with Gasteiger partial charge in [-0.25, -0.2) is 0 Å². The van der Waals surface area contributed by atoms with E-state index in [0.717, 1.165) is 6.42 Å². The van der Waals surface area contributed by atoms with Crippen molar-refractivity contribution in [3.8, 4) is 0 Å². The molecule has 0 fully saturated rings. The number of thiol groups is 1. The van der Waals surface area contributed by atoms with Gasteiger partial charge >= 0.3 is 0 Å². The molecule has 3 nitrogen and oxygen atoms in total. The van der Waals surface area contributed by atoms with Gasteiger partial charge in [-0.2, -0.15) is 11.4 Å². The van der Waals surface area contributed by atoms with E-state index in [-0.39, 0.29) is 23.6 Å². The highest BCUT2D eigenvalue weighted by molar-refractivity contribution is 7.98. The second-order valence-corrected chi connectivity index (χ2v) is 4.29. The lowest BCUT2D eigenvalue weighted by Crippen LogP contribution is -2.26. The number of halogens is 1. The largest absolute Gasteiger partial charge is 0.347 e. The number of aliphatic hydroxyl groups excluding tert-OH is 1. The van der Waals surface area contributed by atoms with Crippen molar-refractivity contribution >= 4 is 28.9 Å². The van der Waals surface area contributed by atoms with Gasteiger partial charge in [-0.1, -0.05) is 30.3 Å². The quantitative estimate of drug-likeness (QED) is 0.476. The van der Waals surface area contributed by atoms with E-state index in [4.69, 9.17) is 16.6 Å². The summed E-state index contributed by atoms with van der Waals surface area (Å²) in [6.07, 6.45) is 0.821. The molecule has 1 atom stereocenters. The van der Waals surface area contributed by atoms with Crippen LogP contribution in [-0.2, 0) is 6.42 Å². The van der Waals surface area contributed by atoms with Crippen molar-refractivity contribution in [3.63, 3.8) is 0 Å². The molecule has 86 valence electrons. The average molecular weight is 249 g/mol. The van der Waals surface area contributed by atoms with Crippen LogP contribution in [-0.4, -0.2) is 22.1 Å². The zero-order valence-electron chi connectivity index (χ0n) is 8.34. The van der Waals surface area contributed by atoms with Crippen LogP contribution in [0.25, 0.3) is 0 Å². The molecule has 1 rings (SSSR count). The van der Waals surface area contributed by atoms with Crippen LogP contribution in [0.1, 0.15) is 5.56 Å². The second kappa shape index (κ2) is 7.84. The predicted octanol–water partition coefficient (Wildman–Crippen LogP) is 1.05. The third-order valence-corrected chi connectivity index (χ3v) is 2.80. The van der Waals surface area contributed by atoms with Crippen LogP contribution in [0.15, 0.2) is 30.3 Å². The van der Waals surface area contributed by atoms with Gasteiger partial charge in [-0.05, 0) is 12.0 Å². The standard InChI is InChI=1S/C10H16N2OS.ClH/c11-9(7-14-10(12)13)6-8-4-2-1-3-5-8;/h1-5,9,13-14H,6-7,11-12H2;1H/t9-;/m1./s1. The molecule has 1 aromatic rings. The molecule has 5 N–H and O–H groups in total. The van der Waals surface area contributed by atoms with Crippen molar-refractivity contribution in [3.05, 3.63) is 35.9 Å². The number of hydrogen-bond donors (Lipinski definition) is 4. The lowest BCUT2D eigenvalue weighted by molar-refractivity contribution is 0.559. The van der Waals surface area contributed by atoms with Crippen molar-refractivity contribution in [1.82, 2.24) is 0 Å². The van der Waals surface area contributed by atoms with Gasteiger partial charge in [-0.15, -0.1) is 12.4 Å². The molecule has 0 saturated carbocycles. The predicted molar refractivity (Wildman–Crippen MR) is 71.0 cm³/mol. The highest BCUT2D eigenvalue weighted by Crippen LogP contribution is 2.03. The molecule has 0 aliphatic carbocycles. The van der Waals surface area contributed by atoms with E-state index >= 15 is 0 Å². The van der Waals surface area contributed by atoms with Crippen LogP contribution in [0.5, 0.6) is 0 Å². The van der Waals surface area contributed by atoms with E-state index in [0.29, 0.717) is 17.1 Å². The summed E-state index contributed by atoms with van der Waals surface area (Å²) in [7, 11) is 0. The molecule has 0 aliphatic heterocycles. The number of benzene rings is 1. The van der Waals surface area contributed by atoms with Crippen molar-refractivity contribution in [1.29, 1.82) is 0 Å². The number of aliphatic hydroxyl groups is 1. The molecule has 0 bridgehead atoms. The molecule has 15 heavy (non-hydrogen) atoms. The van der Waals surface area contributed by atoms with Crippen molar-refractivity contribution in [2.75, 3.05) is 5.75 Å². The first-order chi connectivity index (χ1) is 6.68. The zero-order valence-corrected chi connectivity index (χ0v) is 10.0. The maximum absolute atomic E-state index is 8.79. The molecule has 0 aliphatic rings. The summed E-state index contributed by atoms with van der Waals surface area (Å²) in [4.78, 5) is 0. The van der Waals surface area contributed by atoms with Crippen molar-refractivity contribution in [2.45, 2.75) is 12.5 Å². The van der Waals surface area contributed by atoms with Crippen LogP contribution in [0, 0.1) is 0 Å². The molecule has 0 saturated heterocycles. The monoisotopic (exact) mass is 248 g/mol. The summed E-state index contributed by atoms with van der Waals surface area (Å²) < 4.78 is 0. The van der Waals surface area contributed by atoms with E-state index in [1.807, 2.05) is 30.3 Å². The van der Waals surface area contributed by atoms with Crippen LogP contribution < -0.4 is 11.5 Å². The molecule has 0 aromatic heterocycles. The van der Waals surface area contributed by atoms with Gasteiger partial charge in [0.15, 0.2) is 0 Å². The molecule has 5 heteroatoms. The van der Waals surface area contributed by atoms with E-state index < -0.39 is 0 Å². The van der Waals surface area contributed by atoms with Gasteiger partial charge in [0, 0.05) is 11.8 Å². The molecule has 0 heterocycles. The van der Waals surface area contributed by atoms with E-state index in [1.165, 1.54) is 5.56 Å². The van der Waals surface area contributed by atoms with E-state index in [2.05, 4.69) is 0 Å². The van der Waals surface area contributed by atoms with Crippen LogP contribution in [0.3, 0.4) is 0 Å². The third kappa shape index (κ3) is 6.65. The smallest absolute Gasteiger partial charge is 0.137 e. The Morgan fingerprint density at radius 1 is 1.33 bits per heavy atom. The summed E-state index contributed by atoms with van der Waals surface area (Å²) in [6.45, 7) is 0. The van der Waals surface area contributed by atoms with Gasteiger partial charge in [0.25, 0.3) is 0 Å². The Hall–Kier alpha value is -0.390. The van der Waals surface area contributed by atoms with E-state index in [1.54, 1.807) is 0 Å². The SMILES string of the molecule is Cl.NC(O)=[SH]C[C@H](N)Cc1ccccc1. The molecule has 0 radical (unpaired) electrons. The highest BCUT2D eigenvalue weighted by Gasteiger charge is 2.01. The van der Waals surface area contributed by atoms with Crippen LogP contribution >= 0.6 is 23.8 Å². The van der Waals surface area contributed by atoms with Gasteiger partial charge in [0.05, 0.1) is 0 Å². The summed E-state index contributed by atoms with van der Waals surface area (Å²) in [5, 5.41) is 8.73. The van der Waals surface area contributed by atoms with Gasteiger partial charge in [-0.3, -0.25) is 5.73 Å². The van der Waals surface area contributed by atoms with Crippen molar-refractivity contribution < 1.29 is 5.11 Å².